The van der Waals surface area contributed by atoms with Crippen molar-refractivity contribution in [3.63, 3.8) is 0 Å². The van der Waals surface area contributed by atoms with E-state index in [9.17, 15) is 4.79 Å². The SMILES string of the molecule is O=C(O)CC=CC1CCCC1. The van der Waals surface area contributed by atoms with Crippen LogP contribution in [-0.2, 0) is 4.79 Å². The number of carbonyl (C=O) groups is 1. The molecule has 1 aliphatic carbocycles. The first-order valence-electron chi connectivity index (χ1n) is 4.17. The average Bonchev–Trinajstić information content (AvgIpc) is 2.39. The third-order valence-corrected chi connectivity index (χ3v) is 2.10. The Kier molecular flexibility index (Phi) is 3.14. The van der Waals surface area contributed by atoms with Gasteiger partial charge < -0.3 is 5.11 Å². The molecule has 11 heavy (non-hydrogen) atoms. The highest BCUT2D eigenvalue weighted by Crippen LogP contribution is 2.25. The van der Waals surface area contributed by atoms with Crippen molar-refractivity contribution in [2.75, 3.05) is 0 Å². The highest BCUT2D eigenvalue weighted by molar-refractivity contribution is 5.68. The van der Waals surface area contributed by atoms with Gasteiger partial charge in [-0.1, -0.05) is 25.0 Å². The molecule has 0 aliphatic heterocycles. The Morgan fingerprint density at radius 1 is 1.45 bits per heavy atom. The summed E-state index contributed by atoms with van der Waals surface area (Å²) in [7, 11) is 0. The molecule has 0 aromatic carbocycles. The predicted octanol–water partition coefficient (Wildman–Crippen LogP) is 2.21. The summed E-state index contributed by atoms with van der Waals surface area (Å²) in [6.45, 7) is 0. The maximum absolute atomic E-state index is 10.1. The summed E-state index contributed by atoms with van der Waals surface area (Å²) in [6.07, 6.45) is 9.12. The van der Waals surface area contributed by atoms with Crippen molar-refractivity contribution < 1.29 is 9.90 Å². The molecule has 0 aromatic heterocycles. The van der Waals surface area contributed by atoms with E-state index in [1.54, 1.807) is 6.08 Å². The lowest BCUT2D eigenvalue weighted by atomic mass is 10.1. The number of aliphatic carboxylic acids is 1. The summed E-state index contributed by atoms with van der Waals surface area (Å²) in [5, 5.41) is 8.34. The lowest BCUT2D eigenvalue weighted by Crippen LogP contribution is -1.91. The van der Waals surface area contributed by atoms with Gasteiger partial charge in [0.1, 0.15) is 0 Å². The maximum Gasteiger partial charge on any atom is 0.307 e. The van der Waals surface area contributed by atoms with Gasteiger partial charge in [-0.25, -0.2) is 0 Å². The van der Waals surface area contributed by atoms with Gasteiger partial charge in [-0.2, -0.15) is 0 Å². The van der Waals surface area contributed by atoms with Gasteiger partial charge in [-0.05, 0) is 18.8 Å². The molecule has 0 spiro atoms. The number of hydrogen-bond acceptors (Lipinski definition) is 1. The summed E-state index contributed by atoms with van der Waals surface area (Å²) in [6, 6.07) is 0. The number of allylic oxidation sites excluding steroid dienone is 1. The monoisotopic (exact) mass is 154 g/mol. The van der Waals surface area contributed by atoms with Crippen molar-refractivity contribution in [2.45, 2.75) is 32.1 Å². The molecule has 0 unspecified atom stereocenters. The van der Waals surface area contributed by atoms with Gasteiger partial charge in [0.2, 0.25) is 0 Å². The Bertz CT molecular complexity index is 155. The van der Waals surface area contributed by atoms with Crippen LogP contribution in [0.1, 0.15) is 32.1 Å². The van der Waals surface area contributed by atoms with Crippen LogP contribution in [0.2, 0.25) is 0 Å². The highest BCUT2D eigenvalue weighted by Gasteiger charge is 2.10. The molecule has 1 saturated carbocycles. The third-order valence-electron chi connectivity index (χ3n) is 2.10. The number of carboxylic acid groups (broad SMARTS) is 1. The van der Waals surface area contributed by atoms with Crippen LogP contribution >= 0.6 is 0 Å². The van der Waals surface area contributed by atoms with Crippen molar-refractivity contribution in [1.29, 1.82) is 0 Å². The highest BCUT2D eigenvalue weighted by atomic mass is 16.4. The Morgan fingerprint density at radius 2 is 2.09 bits per heavy atom. The molecule has 1 N–H and O–H groups in total. The second-order valence-electron chi connectivity index (χ2n) is 3.07. The zero-order valence-electron chi connectivity index (χ0n) is 6.62. The van der Waals surface area contributed by atoms with Crippen LogP contribution in [-0.4, -0.2) is 11.1 Å². The van der Waals surface area contributed by atoms with E-state index < -0.39 is 5.97 Å². The quantitative estimate of drug-likeness (QED) is 0.633. The van der Waals surface area contributed by atoms with Crippen molar-refractivity contribution in [2.24, 2.45) is 5.92 Å². The van der Waals surface area contributed by atoms with E-state index in [1.807, 2.05) is 0 Å². The molecule has 1 fully saturated rings. The fourth-order valence-corrected chi connectivity index (χ4v) is 1.51. The van der Waals surface area contributed by atoms with Crippen LogP contribution in [0, 0.1) is 5.92 Å². The van der Waals surface area contributed by atoms with Crippen LogP contribution in [0.4, 0.5) is 0 Å². The zero-order chi connectivity index (χ0) is 8.10. The molecule has 62 valence electrons. The normalized spacial score (nSPS) is 19.6. The molecule has 2 nitrogen and oxygen atoms in total. The van der Waals surface area contributed by atoms with Crippen molar-refractivity contribution in [3.8, 4) is 0 Å². The van der Waals surface area contributed by atoms with Crippen molar-refractivity contribution in [3.05, 3.63) is 12.2 Å². The Morgan fingerprint density at radius 3 is 2.64 bits per heavy atom. The molecule has 0 radical (unpaired) electrons. The summed E-state index contributed by atoms with van der Waals surface area (Å²) in [4.78, 5) is 10.1. The van der Waals surface area contributed by atoms with Crippen LogP contribution in [0.15, 0.2) is 12.2 Å². The van der Waals surface area contributed by atoms with Gasteiger partial charge in [0.15, 0.2) is 0 Å². The van der Waals surface area contributed by atoms with Crippen LogP contribution < -0.4 is 0 Å². The molecule has 0 bridgehead atoms. The molecule has 2 heteroatoms. The number of carboxylic acids is 1. The van der Waals surface area contributed by atoms with Crippen molar-refractivity contribution in [1.82, 2.24) is 0 Å². The minimum Gasteiger partial charge on any atom is -0.481 e. The van der Waals surface area contributed by atoms with E-state index in [4.69, 9.17) is 5.11 Å². The summed E-state index contributed by atoms with van der Waals surface area (Å²) < 4.78 is 0. The molecular formula is C9H14O2. The van der Waals surface area contributed by atoms with E-state index in [0.717, 1.165) is 0 Å². The van der Waals surface area contributed by atoms with Crippen LogP contribution in [0.25, 0.3) is 0 Å². The molecule has 0 heterocycles. The fourth-order valence-electron chi connectivity index (χ4n) is 1.51. The average molecular weight is 154 g/mol. The molecule has 0 amide bonds. The van der Waals surface area contributed by atoms with Gasteiger partial charge in [0, 0.05) is 0 Å². The van der Waals surface area contributed by atoms with Gasteiger partial charge in [-0.15, -0.1) is 0 Å². The molecular weight excluding hydrogens is 140 g/mol. The lowest BCUT2D eigenvalue weighted by molar-refractivity contribution is -0.136. The van der Waals surface area contributed by atoms with Gasteiger partial charge in [0.25, 0.3) is 0 Å². The zero-order valence-corrected chi connectivity index (χ0v) is 6.62. The van der Waals surface area contributed by atoms with E-state index in [2.05, 4.69) is 6.08 Å². The van der Waals surface area contributed by atoms with Gasteiger partial charge in [-0.3, -0.25) is 4.79 Å². The third kappa shape index (κ3) is 3.21. The molecule has 0 aromatic rings. The minimum atomic E-state index is -0.737. The molecule has 0 atom stereocenters. The van der Waals surface area contributed by atoms with Crippen molar-refractivity contribution >= 4 is 5.97 Å². The van der Waals surface area contributed by atoms with Gasteiger partial charge in [0.05, 0.1) is 6.42 Å². The second-order valence-corrected chi connectivity index (χ2v) is 3.07. The van der Waals surface area contributed by atoms with E-state index in [0.29, 0.717) is 5.92 Å². The Hall–Kier alpha value is -0.790. The summed E-state index contributed by atoms with van der Waals surface area (Å²) in [5.74, 6) is -0.0754. The Balaban J connectivity index is 2.17. The number of rotatable bonds is 3. The largest absolute Gasteiger partial charge is 0.481 e. The topological polar surface area (TPSA) is 37.3 Å². The Labute approximate surface area is 66.9 Å². The molecule has 1 rings (SSSR count). The first kappa shape index (κ1) is 8.31. The summed E-state index contributed by atoms with van der Waals surface area (Å²) >= 11 is 0. The van der Waals surface area contributed by atoms with Gasteiger partial charge >= 0.3 is 5.97 Å². The second kappa shape index (κ2) is 4.16. The van der Waals surface area contributed by atoms with E-state index in [-0.39, 0.29) is 6.42 Å². The summed E-state index contributed by atoms with van der Waals surface area (Å²) in [5.41, 5.74) is 0. The fraction of sp³-hybridized carbons (Fsp3) is 0.667. The molecule has 1 aliphatic rings. The van der Waals surface area contributed by atoms with E-state index in [1.165, 1.54) is 25.7 Å². The first-order valence-corrected chi connectivity index (χ1v) is 4.17. The standard InChI is InChI=1S/C9H14O2/c10-9(11)7-3-6-8-4-1-2-5-8/h3,6,8H,1-2,4-5,7H2,(H,10,11). The minimum absolute atomic E-state index is 0.177. The molecule has 0 saturated heterocycles. The lowest BCUT2D eigenvalue weighted by Gasteiger charge is -1.97. The predicted molar refractivity (Wildman–Crippen MR) is 43.4 cm³/mol. The van der Waals surface area contributed by atoms with E-state index >= 15 is 0 Å². The maximum atomic E-state index is 10.1. The first-order chi connectivity index (χ1) is 5.29. The smallest absolute Gasteiger partial charge is 0.307 e. The van der Waals surface area contributed by atoms with Crippen LogP contribution in [0.3, 0.4) is 0 Å². The van der Waals surface area contributed by atoms with Crippen LogP contribution in [0.5, 0.6) is 0 Å². The number of hydrogen-bond donors (Lipinski definition) is 1.